The second kappa shape index (κ2) is 12.5. The van der Waals surface area contributed by atoms with E-state index in [0.717, 1.165) is 17.4 Å². The van der Waals surface area contributed by atoms with Crippen LogP contribution >= 0.6 is 11.3 Å². The molecule has 0 saturated heterocycles. The van der Waals surface area contributed by atoms with Crippen LogP contribution in [0.1, 0.15) is 20.7 Å². The van der Waals surface area contributed by atoms with Crippen molar-refractivity contribution in [1.29, 1.82) is 0 Å². The SMILES string of the molecule is COC(=O)c1ccc(OC(=O)Nc2nc(N)c(-c3nc(-c4cc(NC(=O)c5cccc(OC)c5)c(F)cc4F)no3)s2)cc1. The molecule has 0 bridgehead atoms. The molecule has 0 aliphatic carbocycles. The zero-order valence-electron chi connectivity index (χ0n) is 22.7. The fraction of sp³-hybridized carbons (Fsp3) is 0.0714. The van der Waals surface area contributed by atoms with Crippen LogP contribution in [0.4, 0.5) is 30.2 Å². The van der Waals surface area contributed by atoms with Gasteiger partial charge in [0.1, 0.15) is 33.8 Å². The van der Waals surface area contributed by atoms with Crippen LogP contribution in [0.5, 0.6) is 11.5 Å². The molecule has 4 N–H and O–H groups in total. The number of esters is 1. The van der Waals surface area contributed by atoms with E-state index in [-0.39, 0.29) is 55.7 Å². The van der Waals surface area contributed by atoms with Crippen LogP contribution in [0.25, 0.3) is 22.2 Å². The largest absolute Gasteiger partial charge is 0.497 e. The van der Waals surface area contributed by atoms with Crippen molar-refractivity contribution >= 4 is 45.9 Å². The highest BCUT2D eigenvalue weighted by Gasteiger charge is 2.22. The second-order valence-corrected chi connectivity index (χ2v) is 9.68. The number of nitrogens with two attached hydrogens (primary N) is 1. The van der Waals surface area contributed by atoms with E-state index in [2.05, 4.69) is 30.5 Å². The molecule has 44 heavy (non-hydrogen) atoms. The van der Waals surface area contributed by atoms with E-state index < -0.39 is 29.6 Å². The monoisotopic (exact) mass is 622 g/mol. The van der Waals surface area contributed by atoms with Gasteiger partial charge in [0.05, 0.1) is 31.0 Å². The van der Waals surface area contributed by atoms with Crippen molar-refractivity contribution in [2.45, 2.75) is 0 Å². The van der Waals surface area contributed by atoms with E-state index in [1.807, 2.05) is 0 Å². The predicted octanol–water partition coefficient (Wildman–Crippen LogP) is 5.38. The molecule has 3 aromatic carbocycles. The van der Waals surface area contributed by atoms with Crippen molar-refractivity contribution in [3.05, 3.63) is 83.4 Å². The normalized spacial score (nSPS) is 10.6. The molecule has 0 radical (unpaired) electrons. The number of nitrogens with one attached hydrogen (secondary N) is 2. The molecule has 2 amide bonds. The molecule has 16 heteroatoms. The lowest BCUT2D eigenvalue weighted by Crippen LogP contribution is -2.16. The van der Waals surface area contributed by atoms with Crippen LogP contribution in [0.2, 0.25) is 0 Å². The van der Waals surface area contributed by atoms with Gasteiger partial charge in [-0.2, -0.15) is 4.98 Å². The number of thiazole rings is 1. The van der Waals surface area contributed by atoms with Gasteiger partial charge < -0.3 is 29.8 Å². The molecular formula is C28H20F2N6O7S. The first-order valence-electron chi connectivity index (χ1n) is 12.4. The summed E-state index contributed by atoms with van der Waals surface area (Å²) in [5.41, 5.74) is 5.82. The lowest BCUT2D eigenvalue weighted by molar-refractivity contribution is 0.0600. The summed E-state index contributed by atoms with van der Waals surface area (Å²) >= 11 is 0.862. The van der Waals surface area contributed by atoms with Crippen molar-refractivity contribution in [2.24, 2.45) is 0 Å². The number of carbonyl (C=O) groups excluding carboxylic acids is 3. The molecule has 0 unspecified atom stereocenters. The quantitative estimate of drug-likeness (QED) is 0.189. The number of benzene rings is 3. The van der Waals surface area contributed by atoms with Gasteiger partial charge in [-0.05, 0) is 48.5 Å². The highest BCUT2D eigenvalue weighted by atomic mass is 32.1. The zero-order valence-corrected chi connectivity index (χ0v) is 23.5. The number of hydrogen-bond acceptors (Lipinski definition) is 12. The summed E-state index contributed by atoms with van der Waals surface area (Å²) in [5, 5.41) is 8.56. The fourth-order valence-electron chi connectivity index (χ4n) is 3.74. The summed E-state index contributed by atoms with van der Waals surface area (Å²) in [7, 11) is 2.68. The number of hydrogen-bond donors (Lipinski definition) is 3. The van der Waals surface area contributed by atoms with Gasteiger partial charge in [0.15, 0.2) is 5.13 Å². The molecule has 2 aromatic heterocycles. The van der Waals surface area contributed by atoms with Gasteiger partial charge in [0.25, 0.3) is 11.8 Å². The molecule has 0 saturated carbocycles. The van der Waals surface area contributed by atoms with E-state index in [0.29, 0.717) is 11.8 Å². The number of methoxy groups -OCH3 is 2. The molecule has 0 aliphatic rings. The Morgan fingerprint density at radius 3 is 2.41 bits per heavy atom. The minimum absolute atomic E-state index is 0.0175. The maximum Gasteiger partial charge on any atom is 0.418 e. The Kier molecular flexibility index (Phi) is 8.43. The molecule has 5 aromatic rings. The first-order chi connectivity index (χ1) is 21.1. The van der Waals surface area contributed by atoms with Crippen LogP contribution < -0.4 is 25.8 Å². The van der Waals surface area contributed by atoms with Crippen LogP contribution in [-0.2, 0) is 4.74 Å². The van der Waals surface area contributed by atoms with Crippen molar-refractivity contribution in [3.63, 3.8) is 0 Å². The first kappa shape index (κ1) is 29.6. The highest BCUT2D eigenvalue weighted by Crippen LogP contribution is 2.36. The number of amides is 2. The number of anilines is 3. The molecule has 224 valence electrons. The minimum Gasteiger partial charge on any atom is -0.497 e. The lowest BCUT2D eigenvalue weighted by Gasteiger charge is -2.09. The summed E-state index contributed by atoms with van der Waals surface area (Å²) in [6.07, 6.45) is -0.903. The van der Waals surface area contributed by atoms with Gasteiger partial charge in [-0.25, -0.2) is 23.4 Å². The van der Waals surface area contributed by atoms with Gasteiger partial charge in [-0.3, -0.25) is 10.1 Å². The van der Waals surface area contributed by atoms with E-state index in [4.69, 9.17) is 19.7 Å². The van der Waals surface area contributed by atoms with Gasteiger partial charge in [0.2, 0.25) is 5.82 Å². The molecule has 0 spiro atoms. The zero-order chi connectivity index (χ0) is 31.4. The summed E-state index contributed by atoms with van der Waals surface area (Å²) in [6, 6.07) is 13.4. The Hall–Kier alpha value is -5.90. The highest BCUT2D eigenvalue weighted by molar-refractivity contribution is 7.19. The minimum atomic E-state index is -1.03. The molecule has 13 nitrogen and oxygen atoms in total. The molecule has 2 heterocycles. The topological polar surface area (TPSA) is 181 Å². The standard InChI is InChI=1S/C28H20F2N6O7S/c1-40-16-5-3-4-14(10-16)24(37)32-20-11-17(18(29)12-19(20)30)23-34-25(43-36-23)21-22(31)33-27(44-21)35-28(39)42-15-8-6-13(7-9-15)26(38)41-2/h3-12H,31H2,1-2H3,(H,32,37)(H,33,35,39). The van der Waals surface area contributed by atoms with E-state index >= 15 is 0 Å². The summed E-state index contributed by atoms with van der Waals surface area (Å²) < 4.78 is 49.4. The summed E-state index contributed by atoms with van der Waals surface area (Å²) in [4.78, 5) is 44.9. The Bertz CT molecular complexity index is 1880. The van der Waals surface area contributed by atoms with E-state index in [1.165, 1.54) is 50.6 Å². The Labute approximate surface area is 250 Å². The number of rotatable bonds is 8. The molecular weight excluding hydrogens is 602 g/mol. The number of nitrogen functional groups attached to an aromatic ring is 1. The summed E-state index contributed by atoms with van der Waals surface area (Å²) in [5.74, 6) is -3.22. The van der Waals surface area contributed by atoms with Crippen molar-refractivity contribution in [2.75, 3.05) is 30.6 Å². The number of nitrogens with zero attached hydrogens (tertiary/aromatic N) is 3. The third-order valence-corrected chi connectivity index (χ3v) is 6.82. The maximum atomic E-state index is 14.8. The fourth-order valence-corrected chi connectivity index (χ4v) is 4.53. The first-order valence-corrected chi connectivity index (χ1v) is 13.2. The Balaban J connectivity index is 1.30. The van der Waals surface area contributed by atoms with Gasteiger partial charge in [0, 0.05) is 11.6 Å². The summed E-state index contributed by atoms with van der Waals surface area (Å²) in [6.45, 7) is 0. The van der Waals surface area contributed by atoms with E-state index in [9.17, 15) is 23.2 Å². The number of ether oxygens (including phenoxy) is 3. The van der Waals surface area contributed by atoms with Crippen molar-refractivity contribution in [3.8, 4) is 33.7 Å². The Morgan fingerprint density at radius 1 is 0.909 bits per heavy atom. The third kappa shape index (κ3) is 6.44. The van der Waals surface area contributed by atoms with Crippen LogP contribution in [0.3, 0.4) is 0 Å². The van der Waals surface area contributed by atoms with Gasteiger partial charge >= 0.3 is 12.1 Å². The lowest BCUT2D eigenvalue weighted by atomic mass is 10.1. The maximum absolute atomic E-state index is 14.8. The number of carbonyl (C=O) groups is 3. The van der Waals surface area contributed by atoms with Crippen LogP contribution in [-0.4, -0.2) is 47.3 Å². The van der Waals surface area contributed by atoms with Crippen molar-refractivity contribution < 1.29 is 41.9 Å². The predicted molar refractivity (Wildman–Crippen MR) is 154 cm³/mol. The molecule has 0 aliphatic heterocycles. The molecule has 5 rings (SSSR count). The number of halogens is 2. The van der Waals surface area contributed by atoms with Gasteiger partial charge in [-0.15, -0.1) is 0 Å². The number of aromatic nitrogens is 3. The average molecular weight is 623 g/mol. The van der Waals surface area contributed by atoms with Crippen LogP contribution in [0.15, 0.2) is 65.2 Å². The Morgan fingerprint density at radius 2 is 1.68 bits per heavy atom. The van der Waals surface area contributed by atoms with Crippen molar-refractivity contribution in [1.82, 2.24) is 15.1 Å². The third-order valence-electron chi connectivity index (χ3n) is 5.85. The smallest absolute Gasteiger partial charge is 0.418 e. The second-order valence-electron chi connectivity index (χ2n) is 8.68. The van der Waals surface area contributed by atoms with E-state index in [1.54, 1.807) is 12.1 Å². The average Bonchev–Trinajstić information content (AvgIpc) is 3.64. The van der Waals surface area contributed by atoms with Crippen LogP contribution in [0, 0.1) is 11.6 Å². The van der Waals surface area contributed by atoms with Gasteiger partial charge in [-0.1, -0.05) is 22.6 Å². The molecule has 0 fully saturated rings. The molecule has 0 atom stereocenters.